The largest absolute Gasteiger partial charge is 0.378 e. The summed E-state index contributed by atoms with van der Waals surface area (Å²) in [6.07, 6.45) is 3.27. The molecule has 5 heteroatoms. The monoisotopic (exact) mass is 417 g/mol. The van der Waals surface area contributed by atoms with Gasteiger partial charge in [-0.25, -0.2) is 0 Å². The number of rotatable bonds is 7. The van der Waals surface area contributed by atoms with Gasteiger partial charge in [0.05, 0.1) is 13.2 Å². The van der Waals surface area contributed by atoms with Gasteiger partial charge < -0.3 is 15.0 Å². The lowest BCUT2D eigenvalue weighted by atomic mass is 9.99. The second-order valence-corrected chi connectivity index (χ2v) is 8.05. The maximum atomic E-state index is 12.5. The smallest absolute Gasteiger partial charge is 0.273 e. The normalized spacial score (nSPS) is 14.5. The molecule has 2 aromatic rings. The first-order valence-electron chi connectivity index (χ1n) is 10.7. The van der Waals surface area contributed by atoms with Crippen LogP contribution in [0.5, 0.6) is 0 Å². The van der Waals surface area contributed by atoms with Gasteiger partial charge in [0.15, 0.2) is 0 Å². The number of nitrogens with zero attached hydrogens (tertiary/aromatic N) is 1. The van der Waals surface area contributed by atoms with Gasteiger partial charge in [0.1, 0.15) is 5.71 Å². The number of carbonyl (C=O) groups excluding carboxylic acids is 1. The molecule has 0 saturated carbocycles. The molecule has 2 N–H and O–H groups in total. The molecule has 0 unspecified atom stereocenters. The molecule has 2 aromatic carbocycles. The zero-order valence-corrected chi connectivity index (χ0v) is 18.6. The first-order chi connectivity index (χ1) is 14.9. The Morgan fingerprint density at radius 2 is 1.94 bits per heavy atom. The summed E-state index contributed by atoms with van der Waals surface area (Å²) in [7, 11) is 0. The Bertz CT molecular complexity index is 1000. The highest BCUT2D eigenvalue weighted by Crippen LogP contribution is 2.30. The van der Waals surface area contributed by atoms with Crippen molar-refractivity contribution in [3.63, 3.8) is 0 Å². The number of benzene rings is 2. The van der Waals surface area contributed by atoms with Crippen LogP contribution in [0, 0.1) is 18.3 Å². The molecule has 31 heavy (non-hydrogen) atoms. The molecule has 162 valence electrons. The van der Waals surface area contributed by atoms with E-state index in [0.29, 0.717) is 5.69 Å². The summed E-state index contributed by atoms with van der Waals surface area (Å²) in [6.45, 7) is 13.1. The van der Waals surface area contributed by atoms with Crippen molar-refractivity contribution in [2.75, 3.05) is 36.5 Å². The van der Waals surface area contributed by atoms with Gasteiger partial charge in [-0.1, -0.05) is 44.7 Å². The van der Waals surface area contributed by atoms with Crippen LogP contribution in [-0.4, -0.2) is 37.9 Å². The van der Waals surface area contributed by atoms with Crippen molar-refractivity contribution in [1.29, 1.82) is 5.41 Å². The third-order valence-electron chi connectivity index (χ3n) is 5.49. The Morgan fingerprint density at radius 3 is 2.61 bits per heavy atom. The van der Waals surface area contributed by atoms with E-state index >= 15 is 0 Å². The van der Waals surface area contributed by atoms with E-state index in [2.05, 4.69) is 48.0 Å². The number of hydrogen-bond acceptors (Lipinski definition) is 4. The third kappa shape index (κ3) is 5.70. The van der Waals surface area contributed by atoms with Crippen molar-refractivity contribution >= 4 is 23.0 Å². The number of aryl methyl sites for hydroxylation is 1. The van der Waals surface area contributed by atoms with Crippen LogP contribution in [0.3, 0.4) is 0 Å². The van der Waals surface area contributed by atoms with E-state index in [1.54, 1.807) is 12.2 Å². The van der Waals surface area contributed by atoms with Crippen molar-refractivity contribution in [2.24, 2.45) is 5.92 Å². The van der Waals surface area contributed by atoms with Gasteiger partial charge in [-0.15, -0.1) is 0 Å². The minimum atomic E-state index is -0.433. The van der Waals surface area contributed by atoms with Crippen LogP contribution in [0.2, 0.25) is 0 Å². The average molecular weight is 418 g/mol. The van der Waals surface area contributed by atoms with Crippen molar-refractivity contribution in [3.05, 3.63) is 72.3 Å². The van der Waals surface area contributed by atoms with Gasteiger partial charge in [0.25, 0.3) is 5.91 Å². The quantitative estimate of drug-likeness (QED) is 0.479. The SMILES string of the molecule is C=C/C(=C\C(=N)C(=O)Nc1ccc(C)c(-c2cccc(N3CCOCC3)c2)c1)C(C)C. The number of carbonyl (C=O) groups is 1. The van der Waals surface area contributed by atoms with Crippen LogP contribution in [0.15, 0.2) is 66.8 Å². The fourth-order valence-electron chi connectivity index (χ4n) is 3.59. The van der Waals surface area contributed by atoms with Crippen molar-refractivity contribution in [2.45, 2.75) is 20.8 Å². The van der Waals surface area contributed by atoms with Crippen molar-refractivity contribution in [1.82, 2.24) is 0 Å². The van der Waals surface area contributed by atoms with E-state index in [1.807, 2.05) is 32.0 Å². The summed E-state index contributed by atoms with van der Waals surface area (Å²) in [5, 5.41) is 11.0. The number of allylic oxidation sites excluding steroid dienone is 2. The number of anilines is 2. The number of nitrogens with one attached hydrogen (secondary N) is 2. The lowest BCUT2D eigenvalue weighted by Crippen LogP contribution is -2.36. The lowest BCUT2D eigenvalue weighted by Gasteiger charge is -2.29. The Labute approximate surface area is 184 Å². The summed E-state index contributed by atoms with van der Waals surface area (Å²) < 4.78 is 5.46. The minimum Gasteiger partial charge on any atom is -0.378 e. The highest BCUT2D eigenvalue weighted by Gasteiger charge is 2.14. The topological polar surface area (TPSA) is 65.4 Å². The Morgan fingerprint density at radius 1 is 1.19 bits per heavy atom. The molecule has 5 nitrogen and oxygen atoms in total. The van der Waals surface area contributed by atoms with Crippen LogP contribution >= 0.6 is 0 Å². The van der Waals surface area contributed by atoms with Gasteiger partial charge in [-0.2, -0.15) is 0 Å². The Balaban J connectivity index is 1.81. The number of hydrogen-bond donors (Lipinski definition) is 2. The zero-order valence-electron chi connectivity index (χ0n) is 18.6. The molecule has 1 fully saturated rings. The molecular formula is C26H31N3O2. The van der Waals surface area contributed by atoms with Crippen LogP contribution < -0.4 is 10.2 Å². The molecule has 0 radical (unpaired) electrons. The van der Waals surface area contributed by atoms with Gasteiger partial charge in [0, 0.05) is 24.5 Å². The maximum absolute atomic E-state index is 12.5. The number of amides is 1. The van der Waals surface area contributed by atoms with E-state index in [1.165, 1.54) is 5.69 Å². The predicted octanol–water partition coefficient (Wildman–Crippen LogP) is 5.23. The summed E-state index contributed by atoms with van der Waals surface area (Å²) in [5.74, 6) is -0.229. The molecule has 0 aliphatic carbocycles. The minimum absolute atomic E-state index is 0.0833. The molecule has 1 saturated heterocycles. The van der Waals surface area contributed by atoms with Crippen molar-refractivity contribution < 1.29 is 9.53 Å². The Hall–Kier alpha value is -3.18. The van der Waals surface area contributed by atoms with E-state index < -0.39 is 5.91 Å². The first-order valence-corrected chi connectivity index (χ1v) is 10.7. The molecule has 0 bridgehead atoms. The predicted molar refractivity (Wildman–Crippen MR) is 129 cm³/mol. The van der Waals surface area contributed by atoms with Gasteiger partial charge in [-0.3, -0.25) is 10.2 Å². The summed E-state index contributed by atoms with van der Waals surface area (Å²) in [6, 6.07) is 14.3. The summed E-state index contributed by atoms with van der Waals surface area (Å²) in [4.78, 5) is 14.9. The second-order valence-electron chi connectivity index (χ2n) is 8.05. The van der Waals surface area contributed by atoms with Gasteiger partial charge in [-0.05, 0) is 65.4 Å². The fraction of sp³-hybridized carbons (Fsp3) is 0.308. The Kier molecular flexibility index (Phi) is 7.42. The second kappa shape index (κ2) is 10.2. The van der Waals surface area contributed by atoms with E-state index in [4.69, 9.17) is 10.1 Å². The van der Waals surface area contributed by atoms with E-state index in [0.717, 1.165) is 48.6 Å². The lowest BCUT2D eigenvalue weighted by molar-refractivity contribution is -0.110. The number of morpholine rings is 1. The fourth-order valence-corrected chi connectivity index (χ4v) is 3.59. The van der Waals surface area contributed by atoms with Gasteiger partial charge >= 0.3 is 0 Å². The van der Waals surface area contributed by atoms with E-state index in [9.17, 15) is 4.79 Å². The molecule has 1 amide bonds. The molecule has 0 atom stereocenters. The van der Waals surface area contributed by atoms with E-state index in [-0.39, 0.29) is 11.6 Å². The van der Waals surface area contributed by atoms with Gasteiger partial charge in [0.2, 0.25) is 0 Å². The molecule has 0 aromatic heterocycles. The van der Waals surface area contributed by atoms with Crippen LogP contribution in [0.25, 0.3) is 11.1 Å². The molecule has 1 aliphatic heterocycles. The molecule has 1 heterocycles. The third-order valence-corrected chi connectivity index (χ3v) is 5.49. The molecule has 0 spiro atoms. The zero-order chi connectivity index (χ0) is 22.4. The molecule has 1 aliphatic rings. The van der Waals surface area contributed by atoms with Crippen LogP contribution in [0.1, 0.15) is 19.4 Å². The first kappa shape index (κ1) is 22.5. The van der Waals surface area contributed by atoms with Crippen molar-refractivity contribution in [3.8, 4) is 11.1 Å². The summed E-state index contributed by atoms with van der Waals surface area (Å²) >= 11 is 0. The number of ether oxygens (including phenoxy) is 1. The highest BCUT2D eigenvalue weighted by atomic mass is 16.5. The highest BCUT2D eigenvalue weighted by molar-refractivity contribution is 6.46. The van der Waals surface area contributed by atoms with Crippen LogP contribution in [-0.2, 0) is 9.53 Å². The summed E-state index contributed by atoms with van der Waals surface area (Å²) in [5.41, 5.74) is 5.91. The maximum Gasteiger partial charge on any atom is 0.273 e. The standard InChI is InChI=1S/C26H31N3O2/c1-5-20(18(2)3)16-25(27)26(30)28-22-10-9-19(4)24(17-22)21-7-6-8-23(15-21)29-11-13-31-14-12-29/h5-10,15-18,27H,1,11-14H2,2-4H3,(H,28,30)/b20-16+,27-25?. The molecule has 3 rings (SSSR count). The average Bonchev–Trinajstić information content (AvgIpc) is 2.79. The molecular weight excluding hydrogens is 386 g/mol. The van der Waals surface area contributed by atoms with Crippen LogP contribution in [0.4, 0.5) is 11.4 Å².